The summed E-state index contributed by atoms with van der Waals surface area (Å²) in [6.07, 6.45) is 10.8. The summed E-state index contributed by atoms with van der Waals surface area (Å²) in [6.45, 7) is 5.72. The van der Waals surface area contributed by atoms with E-state index in [9.17, 15) is 0 Å². The van der Waals surface area contributed by atoms with E-state index >= 15 is 0 Å². The molecule has 0 aromatic carbocycles. The van der Waals surface area contributed by atoms with Gasteiger partial charge in [0.1, 0.15) is 0 Å². The van der Waals surface area contributed by atoms with Crippen LogP contribution in [0.25, 0.3) is 0 Å². The average molecular weight is 281 g/mol. The number of hydrogen-bond donors (Lipinski definition) is 1. The van der Waals surface area contributed by atoms with Crippen LogP contribution in [0.2, 0.25) is 0 Å². The zero-order chi connectivity index (χ0) is 14.6. The van der Waals surface area contributed by atoms with Gasteiger partial charge < -0.3 is 10.6 Å². The molecule has 118 valence electrons. The van der Waals surface area contributed by atoms with Crippen molar-refractivity contribution >= 4 is 0 Å². The molecular formula is C17H35N3. The standard InChI is InChI=1S/C17H35N3/c1-15-7-6-10-17(13-15,14-18)20(3)12-9-16-8-4-5-11-19(16)2/h15-16H,4-14,18H2,1-3H3. The van der Waals surface area contributed by atoms with Crippen LogP contribution in [-0.4, -0.2) is 55.1 Å². The maximum atomic E-state index is 6.19. The van der Waals surface area contributed by atoms with Crippen LogP contribution in [0.3, 0.4) is 0 Å². The number of hydrogen-bond acceptors (Lipinski definition) is 3. The molecule has 1 aliphatic carbocycles. The van der Waals surface area contributed by atoms with Crippen molar-refractivity contribution in [2.24, 2.45) is 11.7 Å². The fourth-order valence-corrected chi connectivity index (χ4v) is 4.41. The van der Waals surface area contributed by atoms with E-state index in [4.69, 9.17) is 5.73 Å². The van der Waals surface area contributed by atoms with Gasteiger partial charge in [-0.3, -0.25) is 4.90 Å². The molecule has 2 aliphatic rings. The second kappa shape index (κ2) is 7.24. The van der Waals surface area contributed by atoms with Gasteiger partial charge in [0.05, 0.1) is 0 Å². The lowest BCUT2D eigenvalue weighted by Crippen LogP contribution is -2.55. The van der Waals surface area contributed by atoms with Crippen molar-refractivity contribution in [2.45, 2.75) is 69.9 Å². The molecule has 2 rings (SSSR count). The molecule has 1 saturated carbocycles. The minimum atomic E-state index is 0.283. The van der Waals surface area contributed by atoms with Crippen molar-refractivity contribution in [3.8, 4) is 0 Å². The van der Waals surface area contributed by atoms with Crippen LogP contribution in [0, 0.1) is 5.92 Å². The van der Waals surface area contributed by atoms with E-state index in [1.165, 1.54) is 64.5 Å². The molecule has 20 heavy (non-hydrogen) atoms. The van der Waals surface area contributed by atoms with Crippen LogP contribution in [0.1, 0.15) is 58.3 Å². The fourth-order valence-electron chi connectivity index (χ4n) is 4.41. The van der Waals surface area contributed by atoms with E-state index in [2.05, 4.69) is 30.8 Å². The predicted molar refractivity (Wildman–Crippen MR) is 86.9 cm³/mol. The Morgan fingerprint density at radius 2 is 2.05 bits per heavy atom. The average Bonchev–Trinajstić information content (AvgIpc) is 2.46. The van der Waals surface area contributed by atoms with Crippen LogP contribution < -0.4 is 5.73 Å². The highest BCUT2D eigenvalue weighted by Crippen LogP contribution is 2.35. The third-order valence-corrected chi connectivity index (χ3v) is 5.98. The minimum Gasteiger partial charge on any atom is -0.329 e. The molecule has 0 spiro atoms. The van der Waals surface area contributed by atoms with Gasteiger partial charge in [-0.1, -0.05) is 26.2 Å². The highest BCUT2D eigenvalue weighted by molar-refractivity contribution is 4.95. The molecular weight excluding hydrogens is 246 g/mol. The lowest BCUT2D eigenvalue weighted by molar-refractivity contribution is 0.0504. The van der Waals surface area contributed by atoms with E-state index < -0.39 is 0 Å². The molecule has 1 aliphatic heterocycles. The third kappa shape index (κ3) is 3.75. The molecule has 1 saturated heterocycles. The first-order valence-electron chi connectivity index (χ1n) is 8.69. The van der Waals surface area contributed by atoms with Crippen LogP contribution >= 0.6 is 0 Å². The molecule has 0 aromatic heterocycles. The Balaban J connectivity index is 1.87. The Hall–Kier alpha value is -0.120. The number of likely N-dealkylation sites (N-methyl/N-ethyl adjacent to an activating group) is 1. The second-order valence-electron chi connectivity index (χ2n) is 7.47. The highest BCUT2D eigenvalue weighted by atomic mass is 15.2. The quantitative estimate of drug-likeness (QED) is 0.841. The van der Waals surface area contributed by atoms with Gasteiger partial charge in [-0.15, -0.1) is 0 Å². The lowest BCUT2D eigenvalue weighted by Gasteiger charge is -2.47. The molecule has 3 atom stereocenters. The van der Waals surface area contributed by atoms with Crippen molar-refractivity contribution in [3.63, 3.8) is 0 Å². The van der Waals surface area contributed by atoms with Crippen molar-refractivity contribution in [1.29, 1.82) is 0 Å². The van der Waals surface area contributed by atoms with Crippen molar-refractivity contribution < 1.29 is 0 Å². The van der Waals surface area contributed by atoms with Crippen molar-refractivity contribution in [1.82, 2.24) is 9.80 Å². The van der Waals surface area contributed by atoms with Crippen molar-refractivity contribution in [2.75, 3.05) is 33.7 Å². The van der Waals surface area contributed by atoms with E-state index in [0.717, 1.165) is 18.5 Å². The van der Waals surface area contributed by atoms with Gasteiger partial charge in [-0.2, -0.15) is 0 Å². The molecule has 0 aromatic rings. The minimum absolute atomic E-state index is 0.283. The molecule has 3 nitrogen and oxygen atoms in total. The first-order chi connectivity index (χ1) is 9.57. The van der Waals surface area contributed by atoms with E-state index in [0.29, 0.717) is 0 Å². The van der Waals surface area contributed by atoms with E-state index in [1.807, 2.05) is 0 Å². The summed E-state index contributed by atoms with van der Waals surface area (Å²) in [6, 6.07) is 0.794. The monoisotopic (exact) mass is 281 g/mol. The predicted octanol–water partition coefficient (Wildman–Crippen LogP) is 2.70. The zero-order valence-corrected chi connectivity index (χ0v) is 13.9. The topological polar surface area (TPSA) is 32.5 Å². The SMILES string of the molecule is CC1CCCC(CN)(N(C)CCC2CCCCN2C)C1. The van der Waals surface area contributed by atoms with Crippen LogP contribution in [0.4, 0.5) is 0 Å². The highest BCUT2D eigenvalue weighted by Gasteiger charge is 2.37. The summed E-state index contributed by atoms with van der Waals surface area (Å²) in [5, 5.41) is 0. The summed E-state index contributed by atoms with van der Waals surface area (Å²) >= 11 is 0. The molecule has 0 amide bonds. The summed E-state index contributed by atoms with van der Waals surface area (Å²) < 4.78 is 0. The maximum Gasteiger partial charge on any atom is 0.0331 e. The Kier molecular flexibility index (Phi) is 5.88. The van der Waals surface area contributed by atoms with Gasteiger partial charge in [0.25, 0.3) is 0 Å². The molecule has 2 fully saturated rings. The van der Waals surface area contributed by atoms with Gasteiger partial charge in [0.15, 0.2) is 0 Å². The van der Waals surface area contributed by atoms with Gasteiger partial charge in [-0.05, 0) is 65.2 Å². The van der Waals surface area contributed by atoms with Gasteiger partial charge in [-0.25, -0.2) is 0 Å². The number of nitrogens with two attached hydrogens (primary N) is 1. The van der Waals surface area contributed by atoms with Crippen LogP contribution in [0.15, 0.2) is 0 Å². The molecule has 0 radical (unpaired) electrons. The zero-order valence-electron chi connectivity index (χ0n) is 13.9. The fraction of sp³-hybridized carbons (Fsp3) is 1.00. The number of piperidine rings is 1. The van der Waals surface area contributed by atoms with Crippen molar-refractivity contribution in [3.05, 3.63) is 0 Å². The Morgan fingerprint density at radius 3 is 2.70 bits per heavy atom. The molecule has 1 heterocycles. The van der Waals surface area contributed by atoms with Gasteiger partial charge >= 0.3 is 0 Å². The lowest BCUT2D eigenvalue weighted by atomic mass is 9.75. The summed E-state index contributed by atoms with van der Waals surface area (Å²) in [4.78, 5) is 5.17. The smallest absolute Gasteiger partial charge is 0.0331 e. The molecule has 3 heteroatoms. The van der Waals surface area contributed by atoms with E-state index in [1.54, 1.807) is 0 Å². The molecule has 3 unspecified atom stereocenters. The third-order valence-electron chi connectivity index (χ3n) is 5.98. The largest absolute Gasteiger partial charge is 0.329 e. The van der Waals surface area contributed by atoms with Gasteiger partial charge in [0, 0.05) is 18.1 Å². The van der Waals surface area contributed by atoms with E-state index in [-0.39, 0.29) is 5.54 Å². The van der Waals surface area contributed by atoms with Gasteiger partial charge in [0.2, 0.25) is 0 Å². The number of rotatable bonds is 5. The van der Waals surface area contributed by atoms with Crippen LogP contribution in [-0.2, 0) is 0 Å². The maximum absolute atomic E-state index is 6.19. The first-order valence-corrected chi connectivity index (χ1v) is 8.69. The number of nitrogens with zero attached hydrogens (tertiary/aromatic N) is 2. The normalized spacial score (nSPS) is 36.5. The summed E-state index contributed by atoms with van der Waals surface area (Å²) in [7, 11) is 4.61. The second-order valence-corrected chi connectivity index (χ2v) is 7.47. The molecule has 0 bridgehead atoms. The summed E-state index contributed by atoms with van der Waals surface area (Å²) in [5.41, 5.74) is 6.47. The molecule has 2 N–H and O–H groups in total. The first kappa shape index (κ1) is 16.3. The van der Waals surface area contributed by atoms with Crippen LogP contribution in [0.5, 0.6) is 0 Å². The summed E-state index contributed by atoms with van der Waals surface area (Å²) in [5.74, 6) is 0.840. The Bertz CT molecular complexity index is 294. The Labute approximate surface area is 125 Å². The Morgan fingerprint density at radius 1 is 1.25 bits per heavy atom. The number of likely N-dealkylation sites (tertiary alicyclic amines) is 1.